The second-order valence-corrected chi connectivity index (χ2v) is 6.67. The Morgan fingerprint density at radius 2 is 2.47 bits per heavy atom. The topological polar surface area (TPSA) is 47.3 Å². The Bertz CT molecular complexity index is 237. The Balaban J connectivity index is 1.90. The first-order valence-corrected chi connectivity index (χ1v) is 8.22. The minimum atomic E-state index is 0.156. The van der Waals surface area contributed by atoms with E-state index in [-0.39, 0.29) is 5.60 Å². The normalized spacial score (nSPS) is 35.3. The van der Waals surface area contributed by atoms with Crippen molar-refractivity contribution in [2.45, 2.75) is 43.7 Å². The molecule has 3 nitrogen and oxygen atoms in total. The van der Waals surface area contributed by atoms with Gasteiger partial charge >= 0.3 is 0 Å². The van der Waals surface area contributed by atoms with Gasteiger partial charge in [0.25, 0.3) is 0 Å². The van der Waals surface area contributed by atoms with E-state index in [0.29, 0.717) is 12.0 Å². The molecule has 17 heavy (non-hydrogen) atoms. The Kier molecular flexibility index (Phi) is 5.43. The average Bonchev–Trinajstić information content (AvgIpc) is 2.78. The van der Waals surface area contributed by atoms with Crippen molar-refractivity contribution in [1.82, 2.24) is 5.43 Å². The van der Waals surface area contributed by atoms with Gasteiger partial charge in [0.15, 0.2) is 0 Å². The number of halogens is 1. The molecule has 3 atom stereocenters. The highest BCUT2D eigenvalue weighted by atomic mass is 35.5. The smallest absolute Gasteiger partial charge is 0.0783 e. The molecule has 2 aliphatic rings. The van der Waals surface area contributed by atoms with Crippen LogP contribution < -0.4 is 11.3 Å². The van der Waals surface area contributed by atoms with Crippen LogP contribution in [0.1, 0.15) is 32.1 Å². The largest absolute Gasteiger partial charge is 0.374 e. The summed E-state index contributed by atoms with van der Waals surface area (Å²) in [6.45, 7) is 0.893. The molecular formula is C12H23ClN2OS. The fourth-order valence-corrected chi connectivity index (χ4v) is 4.56. The summed E-state index contributed by atoms with van der Waals surface area (Å²) in [6.07, 6.45) is 5.62. The number of nitrogens with two attached hydrogens (primary N) is 1. The lowest BCUT2D eigenvalue weighted by Gasteiger charge is -2.40. The van der Waals surface area contributed by atoms with Gasteiger partial charge in [0.1, 0.15) is 0 Å². The Morgan fingerprint density at radius 1 is 1.59 bits per heavy atom. The van der Waals surface area contributed by atoms with Crippen molar-refractivity contribution in [2.24, 2.45) is 11.8 Å². The van der Waals surface area contributed by atoms with Gasteiger partial charge in [-0.2, -0.15) is 11.8 Å². The highest BCUT2D eigenvalue weighted by Crippen LogP contribution is 2.41. The van der Waals surface area contributed by atoms with Gasteiger partial charge in [-0.1, -0.05) is 0 Å². The first-order chi connectivity index (χ1) is 8.29. The van der Waals surface area contributed by atoms with Crippen LogP contribution in [0.25, 0.3) is 0 Å². The van der Waals surface area contributed by atoms with Crippen LogP contribution in [-0.2, 0) is 4.74 Å². The van der Waals surface area contributed by atoms with Gasteiger partial charge in [-0.05, 0) is 43.8 Å². The predicted octanol–water partition coefficient (Wildman–Crippen LogP) is 2.14. The summed E-state index contributed by atoms with van der Waals surface area (Å²) in [6, 6.07) is 0.403. The summed E-state index contributed by atoms with van der Waals surface area (Å²) in [7, 11) is 0. The molecule has 2 fully saturated rings. The molecule has 0 amide bonds. The molecule has 3 unspecified atom stereocenters. The molecule has 0 saturated carbocycles. The zero-order valence-electron chi connectivity index (χ0n) is 10.3. The summed E-state index contributed by atoms with van der Waals surface area (Å²) in [4.78, 5) is 0. The van der Waals surface area contributed by atoms with Gasteiger partial charge in [0.05, 0.1) is 5.60 Å². The van der Waals surface area contributed by atoms with E-state index in [2.05, 4.69) is 5.43 Å². The second kappa shape index (κ2) is 6.62. The molecule has 0 aromatic carbocycles. The van der Waals surface area contributed by atoms with Crippen LogP contribution in [0.2, 0.25) is 0 Å². The first kappa shape index (κ1) is 13.9. The Labute approximate surface area is 113 Å². The van der Waals surface area contributed by atoms with E-state index >= 15 is 0 Å². The minimum Gasteiger partial charge on any atom is -0.374 e. The lowest BCUT2D eigenvalue weighted by atomic mass is 9.80. The molecule has 2 rings (SSSR count). The van der Waals surface area contributed by atoms with Crippen LogP contribution in [0.15, 0.2) is 0 Å². The van der Waals surface area contributed by atoms with Gasteiger partial charge in [-0.25, -0.2) is 0 Å². The van der Waals surface area contributed by atoms with Crippen LogP contribution in [-0.4, -0.2) is 35.6 Å². The summed E-state index contributed by atoms with van der Waals surface area (Å²) in [5, 5.41) is 0. The molecule has 0 aromatic rings. The van der Waals surface area contributed by atoms with Crippen LogP contribution in [0.3, 0.4) is 0 Å². The zero-order valence-corrected chi connectivity index (χ0v) is 11.9. The number of alkyl halides is 1. The van der Waals surface area contributed by atoms with E-state index in [4.69, 9.17) is 22.2 Å². The van der Waals surface area contributed by atoms with E-state index in [0.717, 1.165) is 43.9 Å². The average molecular weight is 279 g/mol. The quantitative estimate of drug-likeness (QED) is 0.460. The third-order valence-corrected chi connectivity index (χ3v) is 5.52. The van der Waals surface area contributed by atoms with Crippen molar-refractivity contribution in [2.75, 3.05) is 24.0 Å². The molecular weight excluding hydrogens is 256 g/mol. The maximum atomic E-state index is 6.04. The number of ether oxygens (including phenoxy) is 1. The van der Waals surface area contributed by atoms with Gasteiger partial charge in [0.2, 0.25) is 0 Å². The lowest BCUT2D eigenvalue weighted by Crippen LogP contribution is -2.48. The second-order valence-electron chi connectivity index (χ2n) is 5.19. The molecule has 2 heterocycles. The predicted molar refractivity (Wildman–Crippen MR) is 74.4 cm³/mol. The number of hydrogen-bond donors (Lipinski definition) is 2. The van der Waals surface area contributed by atoms with Crippen LogP contribution in [0, 0.1) is 5.92 Å². The third-order valence-electron chi connectivity index (χ3n) is 4.03. The number of rotatable bonds is 5. The molecule has 2 saturated heterocycles. The molecule has 1 spiro atoms. The van der Waals surface area contributed by atoms with Crippen LogP contribution in [0.4, 0.5) is 0 Å². The SMILES string of the molecule is NNC(CCCCl)C1CCOC2(CCSC2)C1. The first-order valence-electron chi connectivity index (χ1n) is 6.53. The fourth-order valence-electron chi connectivity index (χ4n) is 3.02. The summed E-state index contributed by atoms with van der Waals surface area (Å²) in [5.74, 6) is 9.47. The molecule has 0 aliphatic carbocycles. The van der Waals surface area contributed by atoms with Crippen molar-refractivity contribution in [1.29, 1.82) is 0 Å². The van der Waals surface area contributed by atoms with Crippen molar-refractivity contribution >= 4 is 23.4 Å². The number of thioether (sulfide) groups is 1. The van der Waals surface area contributed by atoms with Crippen molar-refractivity contribution in [3.63, 3.8) is 0 Å². The highest BCUT2D eigenvalue weighted by Gasteiger charge is 2.42. The van der Waals surface area contributed by atoms with Crippen LogP contribution >= 0.6 is 23.4 Å². The van der Waals surface area contributed by atoms with Gasteiger partial charge in [0, 0.05) is 24.3 Å². The van der Waals surface area contributed by atoms with E-state index in [9.17, 15) is 0 Å². The zero-order chi connectivity index (χ0) is 12.1. The van der Waals surface area contributed by atoms with Gasteiger partial charge in [-0.3, -0.25) is 11.3 Å². The Morgan fingerprint density at radius 3 is 3.12 bits per heavy atom. The van der Waals surface area contributed by atoms with E-state index in [1.807, 2.05) is 11.8 Å². The van der Waals surface area contributed by atoms with E-state index in [1.54, 1.807) is 0 Å². The van der Waals surface area contributed by atoms with E-state index in [1.165, 1.54) is 12.2 Å². The van der Waals surface area contributed by atoms with E-state index < -0.39 is 0 Å². The summed E-state index contributed by atoms with van der Waals surface area (Å²) >= 11 is 7.79. The molecule has 3 N–H and O–H groups in total. The minimum absolute atomic E-state index is 0.156. The highest BCUT2D eigenvalue weighted by molar-refractivity contribution is 7.99. The van der Waals surface area contributed by atoms with Crippen molar-refractivity contribution in [3.8, 4) is 0 Å². The molecule has 2 aliphatic heterocycles. The maximum absolute atomic E-state index is 6.04. The monoisotopic (exact) mass is 278 g/mol. The summed E-state index contributed by atoms with van der Waals surface area (Å²) in [5.41, 5.74) is 3.15. The number of hydrogen-bond acceptors (Lipinski definition) is 4. The van der Waals surface area contributed by atoms with Crippen LogP contribution in [0.5, 0.6) is 0 Å². The number of nitrogens with one attached hydrogen (secondary N) is 1. The summed E-state index contributed by atoms with van der Waals surface area (Å²) < 4.78 is 6.04. The molecule has 0 aromatic heterocycles. The van der Waals surface area contributed by atoms with Crippen molar-refractivity contribution < 1.29 is 4.74 Å². The van der Waals surface area contributed by atoms with Gasteiger partial charge < -0.3 is 4.74 Å². The number of hydrazine groups is 1. The maximum Gasteiger partial charge on any atom is 0.0783 e. The third kappa shape index (κ3) is 3.51. The lowest BCUT2D eigenvalue weighted by molar-refractivity contribution is -0.0855. The van der Waals surface area contributed by atoms with Crippen molar-refractivity contribution in [3.05, 3.63) is 0 Å². The molecule has 0 radical (unpaired) electrons. The molecule has 5 heteroatoms. The van der Waals surface area contributed by atoms with Gasteiger partial charge in [-0.15, -0.1) is 11.6 Å². The molecule has 0 bridgehead atoms. The fraction of sp³-hybridized carbons (Fsp3) is 1.00. The molecule has 100 valence electrons. The standard InChI is InChI=1S/C12H23ClN2OS/c13-5-1-2-11(15-14)10-3-6-16-12(8-10)4-7-17-9-12/h10-11,15H,1-9,14H2. The Hall–Kier alpha value is 0.520.